The first-order chi connectivity index (χ1) is 6.09. The monoisotopic (exact) mass is 193 g/mol. The predicted octanol–water partition coefficient (Wildman–Crippen LogP) is 2.42. The fourth-order valence-electron chi connectivity index (χ4n) is 1.50. The van der Waals surface area contributed by atoms with Crippen molar-refractivity contribution >= 4 is 23.3 Å². The molecule has 0 aliphatic heterocycles. The molecule has 0 aliphatic carbocycles. The molecule has 0 spiro atoms. The number of fused-ring (bicyclic) bond motifs is 1. The number of aromatic amines is 1. The van der Waals surface area contributed by atoms with E-state index in [1.54, 1.807) is 13.3 Å². The SMILES string of the molecule is CP(C)(=O)c1c[nH]c2ccccc12. The van der Waals surface area contributed by atoms with Crippen LogP contribution in [0.3, 0.4) is 0 Å². The van der Waals surface area contributed by atoms with Crippen molar-refractivity contribution in [3.63, 3.8) is 0 Å². The third-order valence-corrected chi connectivity index (χ3v) is 3.68. The van der Waals surface area contributed by atoms with Crippen LogP contribution in [0.4, 0.5) is 0 Å². The van der Waals surface area contributed by atoms with Crippen LogP contribution in [0.5, 0.6) is 0 Å². The molecule has 0 radical (unpaired) electrons. The molecular formula is C10H12NOP. The number of benzene rings is 1. The van der Waals surface area contributed by atoms with Gasteiger partial charge in [0.05, 0.1) is 0 Å². The fraction of sp³-hybridized carbons (Fsp3) is 0.200. The van der Waals surface area contributed by atoms with Crippen molar-refractivity contribution < 1.29 is 4.57 Å². The van der Waals surface area contributed by atoms with Crippen LogP contribution < -0.4 is 5.30 Å². The van der Waals surface area contributed by atoms with E-state index in [0.29, 0.717) is 0 Å². The van der Waals surface area contributed by atoms with Gasteiger partial charge in [-0.05, 0) is 19.4 Å². The molecule has 13 heavy (non-hydrogen) atoms. The number of hydrogen-bond acceptors (Lipinski definition) is 1. The molecular weight excluding hydrogens is 181 g/mol. The second-order valence-corrected chi connectivity index (χ2v) is 6.75. The van der Waals surface area contributed by atoms with E-state index in [9.17, 15) is 4.57 Å². The second-order valence-electron chi connectivity index (χ2n) is 3.57. The Bertz CT molecular complexity index is 480. The fourth-order valence-corrected chi connectivity index (χ4v) is 2.65. The topological polar surface area (TPSA) is 32.9 Å². The first-order valence-electron chi connectivity index (χ1n) is 4.21. The minimum Gasteiger partial charge on any atom is -0.360 e. The normalized spacial score (nSPS) is 12.2. The lowest BCUT2D eigenvalue weighted by Gasteiger charge is -2.03. The molecule has 1 aromatic heterocycles. The zero-order chi connectivity index (χ0) is 9.47. The average molecular weight is 193 g/mol. The van der Waals surface area contributed by atoms with E-state index < -0.39 is 7.14 Å². The van der Waals surface area contributed by atoms with Crippen LogP contribution in [-0.4, -0.2) is 18.3 Å². The van der Waals surface area contributed by atoms with Gasteiger partial charge in [-0.3, -0.25) is 0 Å². The van der Waals surface area contributed by atoms with Gasteiger partial charge in [0.2, 0.25) is 0 Å². The number of para-hydroxylation sites is 1. The van der Waals surface area contributed by atoms with Gasteiger partial charge in [-0.2, -0.15) is 0 Å². The first kappa shape index (κ1) is 8.58. The van der Waals surface area contributed by atoms with Gasteiger partial charge in [0.25, 0.3) is 0 Å². The zero-order valence-corrected chi connectivity index (χ0v) is 8.64. The van der Waals surface area contributed by atoms with E-state index >= 15 is 0 Å². The molecule has 0 fully saturated rings. The van der Waals surface area contributed by atoms with Crippen molar-refractivity contribution in [3.05, 3.63) is 30.5 Å². The van der Waals surface area contributed by atoms with Crippen LogP contribution in [-0.2, 0) is 4.57 Å². The number of H-pyrrole nitrogens is 1. The van der Waals surface area contributed by atoms with Gasteiger partial charge in [0.1, 0.15) is 7.14 Å². The van der Waals surface area contributed by atoms with Crippen molar-refractivity contribution in [1.82, 2.24) is 4.98 Å². The molecule has 0 amide bonds. The lowest BCUT2D eigenvalue weighted by atomic mass is 10.2. The van der Waals surface area contributed by atoms with Gasteiger partial charge in [-0.15, -0.1) is 0 Å². The third kappa shape index (κ3) is 1.42. The summed E-state index contributed by atoms with van der Waals surface area (Å²) < 4.78 is 11.9. The van der Waals surface area contributed by atoms with Crippen LogP contribution in [0.2, 0.25) is 0 Å². The number of aromatic nitrogens is 1. The molecule has 0 unspecified atom stereocenters. The Morgan fingerprint density at radius 1 is 1.23 bits per heavy atom. The summed E-state index contributed by atoms with van der Waals surface area (Å²) in [4.78, 5) is 3.12. The average Bonchev–Trinajstić information content (AvgIpc) is 2.45. The van der Waals surface area contributed by atoms with E-state index in [-0.39, 0.29) is 0 Å². The third-order valence-electron chi connectivity index (χ3n) is 2.15. The van der Waals surface area contributed by atoms with Crippen molar-refractivity contribution in [1.29, 1.82) is 0 Å². The summed E-state index contributed by atoms with van der Waals surface area (Å²) in [5.74, 6) is 0. The Kier molecular flexibility index (Phi) is 1.81. The van der Waals surface area contributed by atoms with Gasteiger partial charge in [-0.1, -0.05) is 18.2 Å². The van der Waals surface area contributed by atoms with Crippen LogP contribution in [0, 0.1) is 0 Å². The van der Waals surface area contributed by atoms with Crippen molar-refractivity contribution in [2.24, 2.45) is 0 Å². The molecule has 0 saturated heterocycles. The van der Waals surface area contributed by atoms with E-state index in [2.05, 4.69) is 4.98 Å². The summed E-state index contributed by atoms with van der Waals surface area (Å²) in [5, 5.41) is 2.03. The standard InChI is InChI=1S/C10H12NOP/c1-13(2,12)10-7-11-9-6-4-3-5-8(9)10/h3-7,11H,1-2H3. The summed E-state index contributed by atoms with van der Waals surface area (Å²) in [6.07, 6.45) is 1.85. The van der Waals surface area contributed by atoms with E-state index in [1.807, 2.05) is 30.5 Å². The van der Waals surface area contributed by atoms with E-state index in [0.717, 1.165) is 16.2 Å². The molecule has 1 heterocycles. The van der Waals surface area contributed by atoms with Crippen LogP contribution in [0.15, 0.2) is 30.5 Å². The highest BCUT2D eigenvalue weighted by Gasteiger charge is 2.15. The maximum atomic E-state index is 11.9. The largest absolute Gasteiger partial charge is 0.360 e. The smallest absolute Gasteiger partial charge is 0.111 e. The highest BCUT2D eigenvalue weighted by Crippen LogP contribution is 2.37. The highest BCUT2D eigenvalue weighted by atomic mass is 31.2. The van der Waals surface area contributed by atoms with Crippen LogP contribution in [0.25, 0.3) is 10.9 Å². The summed E-state index contributed by atoms with van der Waals surface area (Å²) in [6, 6.07) is 7.93. The Hall–Kier alpha value is -1.01. The minimum absolute atomic E-state index is 0.947. The lowest BCUT2D eigenvalue weighted by Crippen LogP contribution is -1.99. The van der Waals surface area contributed by atoms with Crippen LogP contribution >= 0.6 is 7.14 Å². The minimum atomic E-state index is -2.15. The van der Waals surface area contributed by atoms with E-state index in [4.69, 9.17) is 0 Å². The quantitative estimate of drug-likeness (QED) is 0.693. The van der Waals surface area contributed by atoms with E-state index in [1.165, 1.54) is 0 Å². The molecule has 0 aliphatic rings. The van der Waals surface area contributed by atoms with Gasteiger partial charge >= 0.3 is 0 Å². The molecule has 2 rings (SSSR count). The lowest BCUT2D eigenvalue weighted by molar-refractivity contribution is 0.588. The molecule has 1 aromatic carbocycles. The molecule has 2 nitrogen and oxygen atoms in total. The number of nitrogens with one attached hydrogen (secondary N) is 1. The molecule has 68 valence electrons. The summed E-state index contributed by atoms with van der Waals surface area (Å²) in [7, 11) is -2.15. The Balaban J connectivity index is 2.79. The van der Waals surface area contributed by atoms with Gasteiger partial charge in [0, 0.05) is 22.4 Å². The first-order valence-corrected chi connectivity index (χ1v) is 6.81. The summed E-state index contributed by atoms with van der Waals surface area (Å²) in [5.41, 5.74) is 1.06. The molecule has 0 bridgehead atoms. The van der Waals surface area contributed by atoms with Crippen molar-refractivity contribution in [2.75, 3.05) is 13.3 Å². The molecule has 0 atom stereocenters. The predicted molar refractivity (Wildman–Crippen MR) is 57.4 cm³/mol. The Labute approximate surface area is 77.3 Å². The Morgan fingerprint density at radius 2 is 1.92 bits per heavy atom. The molecule has 0 saturated carbocycles. The van der Waals surface area contributed by atoms with Crippen LogP contribution in [0.1, 0.15) is 0 Å². The van der Waals surface area contributed by atoms with Gasteiger partial charge in [0.15, 0.2) is 0 Å². The number of rotatable bonds is 1. The number of hydrogen-bond donors (Lipinski definition) is 1. The molecule has 3 heteroatoms. The molecule has 2 aromatic rings. The van der Waals surface area contributed by atoms with Crippen molar-refractivity contribution in [3.8, 4) is 0 Å². The van der Waals surface area contributed by atoms with Gasteiger partial charge in [-0.25, -0.2) is 0 Å². The summed E-state index contributed by atoms with van der Waals surface area (Å²) >= 11 is 0. The van der Waals surface area contributed by atoms with Gasteiger partial charge < -0.3 is 9.55 Å². The zero-order valence-electron chi connectivity index (χ0n) is 7.74. The maximum Gasteiger partial charge on any atom is 0.111 e. The van der Waals surface area contributed by atoms with Crippen molar-refractivity contribution in [2.45, 2.75) is 0 Å². The highest BCUT2D eigenvalue weighted by molar-refractivity contribution is 7.70. The molecule has 1 N–H and O–H groups in total. The Morgan fingerprint density at radius 3 is 2.62 bits per heavy atom. The maximum absolute atomic E-state index is 11.9. The second kappa shape index (κ2) is 2.74. The summed E-state index contributed by atoms with van der Waals surface area (Å²) in [6.45, 7) is 3.59.